The van der Waals surface area contributed by atoms with E-state index in [0.29, 0.717) is 19.4 Å². The second-order valence-corrected chi connectivity index (χ2v) is 6.55. The van der Waals surface area contributed by atoms with Crippen molar-refractivity contribution in [2.75, 3.05) is 6.61 Å². The molecule has 0 saturated heterocycles. The number of hydrogen-bond donors (Lipinski definition) is 2. The van der Waals surface area contributed by atoms with Gasteiger partial charge in [0, 0.05) is 17.8 Å². The maximum atomic E-state index is 11.7. The fourth-order valence-electron chi connectivity index (χ4n) is 3.36. The Kier molecular flexibility index (Phi) is 6.31. The molecule has 0 aliphatic carbocycles. The Labute approximate surface area is 159 Å². The molecule has 2 N–H and O–H groups in total. The third kappa shape index (κ3) is 5.00. The molecule has 140 valence electrons. The van der Waals surface area contributed by atoms with Gasteiger partial charge in [0.1, 0.15) is 5.75 Å². The standard InChI is InChI=1S/C23H25NO3/c1-2-27-23(26)13-12-22-19(14-15-24-22)16-21(17-6-4-3-5-7-17)18-8-10-20(25)11-9-18/h3-11,14-15,21,24-25H,2,12-13,16H2,1H3. The first-order valence-electron chi connectivity index (χ1n) is 9.32. The number of esters is 1. The molecule has 27 heavy (non-hydrogen) atoms. The van der Waals surface area contributed by atoms with E-state index in [1.807, 2.05) is 43.5 Å². The predicted octanol–water partition coefficient (Wildman–Crippen LogP) is 4.59. The van der Waals surface area contributed by atoms with Gasteiger partial charge >= 0.3 is 5.97 Å². The van der Waals surface area contributed by atoms with Gasteiger partial charge in [-0.05, 0) is 54.7 Å². The van der Waals surface area contributed by atoms with Crippen LogP contribution in [-0.4, -0.2) is 22.7 Å². The number of hydrogen-bond acceptors (Lipinski definition) is 3. The fourth-order valence-corrected chi connectivity index (χ4v) is 3.36. The molecule has 1 unspecified atom stereocenters. The van der Waals surface area contributed by atoms with Crippen molar-refractivity contribution in [3.05, 3.63) is 89.2 Å². The lowest BCUT2D eigenvalue weighted by molar-refractivity contribution is -0.143. The van der Waals surface area contributed by atoms with Gasteiger partial charge in [-0.25, -0.2) is 0 Å². The smallest absolute Gasteiger partial charge is 0.306 e. The first-order valence-corrected chi connectivity index (χ1v) is 9.32. The number of phenolic OH excluding ortho intramolecular Hbond substituents is 1. The molecule has 0 radical (unpaired) electrons. The molecule has 4 heteroatoms. The first kappa shape index (κ1) is 18.8. The second-order valence-electron chi connectivity index (χ2n) is 6.55. The Balaban J connectivity index is 1.82. The van der Waals surface area contributed by atoms with Crippen molar-refractivity contribution >= 4 is 5.97 Å². The average molecular weight is 363 g/mol. The number of H-pyrrole nitrogens is 1. The zero-order chi connectivity index (χ0) is 19.1. The highest BCUT2D eigenvalue weighted by Crippen LogP contribution is 2.30. The Morgan fingerprint density at radius 1 is 1.04 bits per heavy atom. The van der Waals surface area contributed by atoms with Crippen LogP contribution in [0.5, 0.6) is 5.75 Å². The van der Waals surface area contributed by atoms with Crippen LogP contribution in [-0.2, 0) is 22.4 Å². The quantitative estimate of drug-likeness (QED) is 0.575. The van der Waals surface area contributed by atoms with Gasteiger partial charge in [-0.15, -0.1) is 0 Å². The molecule has 0 fully saturated rings. The summed E-state index contributed by atoms with van der Waals surface area (Å²) in [5.41, 5.74) is 4.64. The van der Waals surface area contributed by atoms with E-state index in [1.165, 1.54) is 11.1 Å². The van der Waals surface area contributed by atoms with Crippen molar-refractivity contribution in [3.8, 4) is 5.75 Å². The van der Waals surface area contributed by atoms with Crippen molar-refractivity contribution in [1.82, 2.24) is 4.98 Å². The van der Waals surface area contributed by atoms with Crippen LogP contribution in [0.15, 0.2) is 66.9 Å². The van der Waals surface area contributed by atoms with E-state index in [4.69, 9.17) is 4.74 Å². The Morgan fingerprint density at radius 3 is 2.44 bits per heavy atom. The Morgan fingerprint density at radius 2 is 1.74 bits per heavy atom. The van der Waals surface area contributed by atoms with Crippen LogP contribution < -0.4 is 0 Å². The van der Waals surface area contributed by atoms with Crippen LogP contribution in [0.2, 0.25) is 0 Å². The summed E-state index contributed by atoms with van der Waals surface area (Å²) in [7, 11) is 0. The van der Waals surface area contributed by atoms with Gasteiger partial charge in [-0.1, -0.05) is 42.5 Å². The lowest BCUT2D eigenvalue weighted by Gasteiger charge is -2.19. The van der Waals surface area contributed by atoms with Crippen LogP contribution in [0, 0.1) is 0 Å². The molecule has 0 bridgehead atoms. The number of aromatic nitrogens is 1. The summed E-state index contributed by atoms with van der Waals surface area (Å²) in [6.07, 6.45) is 3.75. The van der Waals surface area contributed by atoms with Crippen molar-refractivity contribution < 1.29 is 14.6 Å². The van der Waals surface area contributed by atoms with E-state index in [-0.39, 0.29) is 17.6 Å². The Bertz CT molecular complexity index is 853. The molecule has 4 nitrogen and oxygen atoms in total. The van der Waals surface area contributed by atoms with Gasteiger partial charge in [0.2, 0.25) is 0 Å². The summed E-state index contributed by atoms with van der Waals surface area (Å²) in [6, 6.07) is 19.8. The van der Waals surface area contributed by atoms with Crippen LogP contribution in [0.4, 0.5) is 0 Å². The maximum absolute atomic E-state index is 11.7. The molecule has 3 rings (SSSR count). The Hall–Kier alpha value is -3.01. The van der Waals surface area contributed by atoms with E-state index in [1.54, 1.807) is 12.1 Å². The molecule has 2 aromatic carbocycles. The lowest BCUT2D eigenvalue weighted by Crippen LogP contribution is -2.08. The number of aromatic amines is 1. The molecule has 1 heterocycles. The lowest BCUT2D eigenvalue weighted by atomic mass is 9.85. The number of ether oxygens (including phenoxy) is 1. The van der Waals surface area contributed by atoms with Gasteiger partial charge in [0.15, 0.2) is 0 Å². The van der Waals surface area contributed by atoms with Gasteiger partial charge in [0.05, 0.1) is 13.0 Å². The summed E-state index contributed by atoms with van der Waals surface area (Å²) >= 11 is 0. The van der Waals surface area contributed by atoms with Crippen molar-refractivity contribution in [1.29, 1.82) is 0 Å². The summed E-state index contributed by atoms with van der Waals surface area (Å²) in [5, 5.41) is 9.63. The zero-order valence-electron chi connectivity index (χ0n) is 15.5. The van der Waals surface area contributed by atoms with E-state index in [9.17, 15) is 9.90 Å². The second kappa shape index (κ2) is 9.08. The number of nitrogens with one attached hydrogen (secondary N) is 1. The molecule has 0 amide bonds. The highest BCUT2D eigenvalue weighted by molar-refractivity contribution is 5.69. The van der Waals surface area contributed by atoms with E-state index in [2.05, 4.69) is 23.2 Å². The summed E-state index contributed by atoms with van der Waals surface area (Å²) < 4.78 is 5.03. The van der Waals surface area contributed by atoms with Gasteiger partial charge in [-0.2, -0.15) is 0 Å². The van der Waals surface area contributed by atoms with Gasteiger partial charge < -0.3 is 14.8 Å². The number of phenols is 1. The topological polar surface area (TPSA) is 62.3 Å². The largest absolute Gasteiger partial charge is 0.508 e. The minimum Gasteiger partial charge on any atom is -0.508 e. The minimum absolute atomic E-state index is 0.170. The number of aryl methyl sites for hydroxylation is 1. The van der Waals surface area contributed by atoms with Gasteiger partial charge in [0.25, 0.3) is 0 Å². The number of carbonyl (C=O) groups excluding carboxylic acids is 1. The van der Waals surface area contributed by atoms with Crippen LogP contribution in [0.25, 0.3) is 0 Å². The molecular weight excluding hydrogens is 338 g/mol. The van der Waals surface area contributed by atoms with Gasteiger partial charge in [-0.3, -0.25) is 4.79 Å². The first-order chi connectivity index (χ1) is 13.2. The van der Waals surface area contributed by atoms with E-state index >= 15 is 0 Å². The van der Waals surface area contributed by atoms with Crippen LogP contribution >= 0.6 is 0 Å². The molecule has 0 aliphatic heterocycles. The molecule has 0 saturated carbocycles. The van der Waals surface area contributed by atoms with E-state index < -0.39 is 0 Å². The summed E-state index contributed by atoms with van der Waals surface area (Å²) in [6.45, 7) is 2.23. The third-order valence-electron chi connectivity index (χ3n) is 4.74. The monoisotopic (exact) mass is 363 g/mol. The molecule has 0 aliphatic rings. The molecule has 3 aromatic rings. The highest BCUT2D eigenvalue weighted by atomic mass is 16.5. The predicted molar refractivity (Wildman–Crippen MR) is 106 cm³/mol. The number of carbonyl (C=O) groups is 1. The van der Waals surface area contributed by atoms with Crippen LogP contribution in [0.3, 0.4) is 0 Å². The normalized spacial score (nSPS) is 11.9. The number of benzene rings is 2. The fraction of sp³-hybridized carbons (Fsp3) is 0.261. The number of rotatable bonds is 8. The maximum Gasteiger partial charge on any atom is 0.306 e. The SMILES string of the molecule is CCOC(=O)CCc1[nH]ccc1CC(c1ccccc1)c1ccc(O)cc1. The third-order valence-corrected chi connectivity index (χ3v) is 4.74. The summed E-state index contributed by atoms with van der Waals surface area (Å²) in [4.78, 5) is 15.0. The zero-order valence-corrected chi connectivity index (χ0v) is 15.5. The average Bonchev–Trinajstić information content (AvgIpc) is 3.13. The summed E-state index contributed by atoms with van der Waals surface area (Å²) in [5.74, 6) is 0.266. The van der Waals surface area contributed by atoms with Crippen LogP contribution in [0.1, 0.15) is 41.6 Å². The molecule has 0 spiro atoms. The minimum atomic E-state index is -0.170. The van der Waals surface area contributed by atoms with Crippen molar-refractivity contribution in [2.45, 2.75) is 32.1 Å². The molecular formula is C23H25NO3. The van der Waals surface area contributed by atoms with Crippen molar-refractivity contribution in [3.63, 3.8) is 0 Å². The van der Waals surface area contributed by atoms with E-state index in [0.717, 1.165) is 17.7 Å². The number of aromatic hydroxyl groups is 1. The molecule has 1 aromatic heterocycles. The van der Waals surface area contributed by atoms with Crippen molar-refractivity contribution in [2.24, 2.45) is 0 Å². The molecule has 1 atom stereocenters. The highest BCUT2D eigenvalue weighted by Gasteiger charge is 2.18.